The maximum atomic E-state index is 12.7. The van der Waals surface area contributed by atoms with Gasteiger partial charge in [-0.05, 0) is 35.9 Å². The van der Waals surface area contributed by atoms with E-state index in [0.717, 1.165) is 47.4 Å². The minimum atomic E-state index is -3.92. The van der Waals surface area contributed by atoms with Crippen molar-refractivity contribution in [1.82, 2.24) is 4.98 Å². The Morgan fingerprint density at radius 3 is 2.65 bits per heavy atom. The topological polar surface area (TPSA) is 138 Å². The number of anilines is 1. The second-order valence-electron chi connectivity index (χ2n) is 6.17. The van der Waals surface area contributed by atoms with Crippen molar-refractivity contribution in [3.8, 4) is 11.5 Å². The molecule has 0 fully saturated rings. The number of nitro groups is 1. The molecule has 12 heteroatoms. The van der Waals surface area contributed by atoms with Crippen LogP contribution in [0.15, 0.2) is 63.8 Å². The number of aromatic nitrogens is 1. The molecule has 31 heavy (non-hydrogen) atoms. The monoisotopic (exact) mass is 459 g/mol. The first-order valence-electron chi connectivity index (χ1n) is 8.67. The van der Waals surface area contributed by atoms with Crippen molar-refractivity contribution in [2.45, 2.75) is 9.10 Å². The van der Waals surface area contributed by atoms with E-state index >= 15 is 0 Å². The van der Waals surface area contributed by atoms with E-state index in [9.17, 15) is 23.3 Å². The molecule has 0 saturated carbocycles. The highest BCUT2D eigenvalue weighted by atomic mass is 32.2. The number of nitro benzene ring substituents is 1. The van der Waals surface area contributed by atoms with Crippen LogP contribution in [0.5, 0.6) is 11.5 Å². The Morgan fingerprint density at radius 1 is 1.16 bits per heavy atom. The smallest absolute Gasteiger partial charge is 0.269 e. The number of carbonyl (C=O) groups excluding carboxylic acids is 1. The Morgan fingerprint density at radius 2 is 1.90 bits per heavy atom. The standard InChI is InChI=1S/C19H13N3O7S2/c23-17(8-2-12-1-7-15-16(9-12)29-11-28-15)21-19-20-10-18(30-19)31(26,27)14-5-3-13(4-6-14)22(24)25/h1-10H,11H2,(H,20,21,23). The van der Waals surface area contributed by atoms with E-state index in [-0.39, 0.29) is 26.7 Å². The van der Waals surface area contributed by atoms with Crippen LogP contribution < -0.4 is 14.8 Å². The van der Waals surface area contributed by atoms with Crippen molar-refractivity contribution in [2.24, 2.45) is 0 Å². The van der Waals surface area contributed by atoms with E-state index in [0.29, 0.717) is 11.5 Å². The lowest BCUT2D eigenvalue weighted by Crippen LogP contribution is -2.07. The molecular weight excluding hydrogens is 446 g/mol. The minimum absolute atomic E-state index is 0.0980. The van der Waals surface area contributed by atoms with Gasteiger partial charge < -0.3 is 9.47 Å². The average Bonchev–Trinajstić information content (AvgIpc) is 3.41. The second kappa shape index (κ2) is 8.16. The molecule has 3 aromatic rings. The van der Waals surface area contributed by atoms with Gasteiger partial charge in [-0.1, -0.05) is 17.4 Å². The Labute approximate surface area is 179 Å². The molecule has 4 rings (SSSR count). The van der Waals surface area contributed by atoms with Crippen LogP contribution in [-0.2, 0) is 14.6 Å². The van der Waals surface area contributed by atoms with Crippen molar-refractivity contribution in [3.63, 3.8) is 0 Å². The van der Waals surface area contributed by atoms with Crippen LogP contribution >= 0.6 is 11.3 Å². The van der Waals surface area contributed by atoms with Crippen LogP contribution in [0.4, 0.5) is 10.8 Å². The van der Waals surface area contributed by atoms with E-state index in [1.54, 1.807) is 24.3 Å². The van der Waals surface area contributed by atoms with Crippen LogP contribution in [0.3, 0.4) is 0 Å². The molecule has 1 N–H and O–H groups in total. The molecule has 0 bridgehead atoms. The lowest BCUT2D eigenvalue weighted by atomic mass is 10.2. The first kappa shape index (κ1) is 20.5. The molecule has 10 nitrogen and oxygen atoms in total. The Bertz CT molecular complexity index is 1300. The number of benzene rings is 2. The van der Waals surface area contributed by atoms with Gasteiger partial charge in [-0.25, -0.2) is 13.4 Å². The maximum absolute atomic E-state index is 12.7. The lowest BCUT2D eigenvalue weighted by Gasteiger charge is -2.01. The molecule has 1 aliphatic heterocycles. The fourth-order valence-electron chi connectivity index (χ4n) is 2.64. The molecule has 0 spiro atoms. The Hall–Kier alpha value is -3.77. The number of carbonyl (C=O) groups is 1. The van der Waals surface area contributed by atoms with E-state index in [1.165, 1.54) is 6.08 Å². The first-order chi connectivity index (χ1) is 14.8. The molecule has 2 heterocycles. The normalized spacial score (nSPS) is 12.8. The predicted molar refractivity (Wildman–Crippen MR) is 111 cm³/mol. The van der Waals surface area contributed by atoms with Crippen molar-refractivity contribution in [3.05, 3.63) is 70.4 Å². The zero-order valence-electron chi connectivity index (χ0n) is 15.5. The summed E-state index contributed by atoms with van der Waals surface area (Å²) in [5, 5.41) is 13.3. The summed E-state index contributed by atoms with van der Waals surface area (Å²) in [6.45, 7) is 0.151. The molecule has 1 amide bonds. The number of hydrogen-bond donors (Lipinski definition) is 1. The number of nitrogens with zero attached hydrogens (tertiary/aromatic N) is 2. The van der Waals surface area contributed by atoms with E-state index in [2.05, 4.69) is 10.3 Å². The van der Waals surface area contributed by atoms with Gasteiger partial charge in [0.05, 0.1) is 16.0 Å². The zero-order valence-corrected chi connectivity index (χ0v) is 17.2. The predicted octanol–water partition coefficient (Wildman–Crippen LogP) is 3.26. The number of ether oxygens (including phenoxy) is 2. The van der Waals surface area contributed by atoms with Gasteiger partial charge in [0, 0.05) is 18.2 Å². The number of nitrogens with one attached hydrogen (secondary N) is 1. The van der Waals surface area contributed by atoms with Gasteiger partial charge >= 0.3 is 0 Å². The highest BCUT2D eigenvalue weighted by molar-refractivity contribution is 7.93. The number of fused-ring (bicyclic) bond motifs is 1. The number of amides is 1. The Balaban J connectivity index is 1.44. The van der Waals surface area contributed by atoms with E-state index < -0.39 is 20.7 Å². The number of rotatable bonds is 6. The second-order valence-corrected chi connectivity index (χ2v) is 9.38. The fraction of sp³-hybridized carbons (Fsp3) is 0.0526. The summed E-state index contributed by atoms with van der Waals surface area (Å²) in [5.74, 6) is 0.723. The quantitative estimate of drug-likeness (QED) is 0.337. The molecule has 0 radical (unpaired) electrons. The third-order valence-electron chi connectivity index (χ3n) is 4.16. The number of non-ortho nitro benzene ring substituents is 1. The number of sulfone groups is 1. The molecule has 0 unspecified atom stereocenters. The molecule has 0 saturated heterocycles. The third-order valence-corrected chi connectivity index (χ3v) is 7.30. The van der Waals surface area contributed by atoms with Gasteiger partial charge in [0.25, 0.3) is 5.69 Å². The van der Waals surface area contributed by atoms with Gasteiger partial charge in [-0.3, -0.25) is 20.2 Å². The highest BCUT2D eigenvalue weighted by Crippen LogP contribution is 2.33. The number of thiazole rings is 1. The third kappa shape index (κ3) is 4.39. The summed E-state index contributed by atoms with van der Waals surface area (Å²) in [4.78, 5) is 26.1. The zero-order chi connectivity index (χ0) is 22.0. The van der Waals surface area contributed by atoms with Crippen LogP contribution in [0, 0.1) is 10.1 Å². The average molecular weight is 459 g/mol. The molecular formula is C19H13N3O7S2. The summed E-state index contributed by atoms with van der Waals surface area (Å²) in [7, 11) is -3.92. The van der Waals surface area contributed by atoms with Gasteiger partial charge in [0.2, 0.25) is 22.5 Å². The van der Waals surface area contributed by atoms with E-state index in [1.807, 2.05) is 0 Å². The summed E-state index contributed by atoms with van der Waals surface area (Å²) < 4.78 is 35.7. The van der Waals surface area contributed by atoms with Gasteiger partial charge in [-0.15, -0.1) is 0 Å². The van der Waals surface area contributed by atoms with Crippen LogP contribution in [-0.4, -0.2) is 31.0 Å². The van der Waals surface area contributed by atoms with Crippen LogP contribution in [0.1, 0.15) is 5.56 Å². The summed E-state index contributed by atoms with van der Waals surface area (Å²) in [5.41, 5.74) is 0.505. The van der Waals surface area contributed by atoms with E-state index in [4.69, 9.17) is 9.47 Å². The van der Waals surface area contributed by atoms with Crippen molar-refractivity contribution in [1.29, 1.82) is 0 Å². The van der Waals surface area contributed by atoms with Gasteiger partial charge in [-0.2, -0.15) is 0 Å². The Kier molecular flexibility index (Phi) is 5.40. The minimum Gasteiger partial charge on any atom is -0.454 e. The summed E-state index contributed by atoms with van der Waals surface area (Å²) in [6, 6.07) is 9.74. The van der Waals surface area contributed by atoms with Crippen molar-refractivity contribution in [2.75, 3.05) is 12.1 Å². The largest absolute Gasteiger partial charge is 0.454 e. The van der Waals surface area contributed by atoms with Gasteiger partial charge in [0.1, 0.15) is 4.21 Å². The first-order valence-corrected chi connectivity index (χ1v) is 11.0. The molecule has 0 atom stereocenters. The SMILES string of the molecule is O=C(C=Cc1ccc2c(c1)OCO2)Nc1ncc(S(=O)(=O)c2ccc([N+](=O)[O-])cc2)s1. The van der Waals surface area contributed by atoms with Crippen molar-refractivity contribution < 1.29 is 27.6 Å². The fourth-order valence-corrected chi connectivity index (χ4v) is 5.08. The molecule has 2 aromatic carbocycles. The highest BCUT2D eigenvalue weighted by Gasteiger charge is 2.22. The molecule has 1 aromatic heterocycles. The van der Waals surface area contributed by atoms with Crippen LogP contribution in [0.25, 0.3) is 6.08 Å². The number of hydrogen-bond acceptors (Lipinski definition) is 9. The summed E-state index contributed by atoms with van der Waals surface area (Å²) >= 11 is 0.776. The maximum Gasteiger partial charge on any atom is 0.269 e. The summed E-state index contributed by atoms with van der Waals surface area (Å²) in [6.07, 6.45) is 3.97. The molecule has 0 aliphatic carbocycles. The van der Waals surface area contributed by atoms with Crippen molar-refractivity contribution >= 4 is 44.0 Å². The van der Waals surface area contributed by atoms with Gasteiger partial charge in [0.15, 0.2) is 16.6 Å². The lowest BCUT2D eigenvalue weighted by molar-refractivity contribution is -0.384. The molecule has 158 valence electrons. The van der Waals surface area contributed by atoms with Crippen LogP contribution in [0.2, 0.25) is 0 Å². The molecule has 1 aliphatic rings.